The quantitative estimate of drug-likeness (QED) is 0.368. The normalized spacial score (nSPS) is 19.7. The Bertz CT molecular complexity index is 1070. The second-order valence-electron chi connectivity index (χ2n) is 9.33. The fraction of sp³-hybridized carbons (Fsp3) is 0.583. The Hall–Kier alpha value is -2.43. The van der Waals surface area contributed by atoms with Crippen molar-refractivity contribution < 1.29 is 31.1 Å². The van der Waals surface area contributed by atoms with Gasteiger partial charge in [-0.25, -0.2) is 0 Å². The number of nitrogens with zero attached hydrogens (tertiary/aromatic N) is 2. The van der Waals surface area contributed by atoms with Crippen molar-refractivity contribution >= 4 is 23.2 Å². The summed E-state index contributed by atoms with van der Waals surface area (Å²) in [4.78, 5) is 12.8. The Morgan fingerprint density at radius 3 is 2.36 bits per heavy atom. The van der Waals surface area contributed by atoms with Crippen LogP contribution in [0.1, 0.15) is 62.5 Å². The third-order valence-corrected chi connectivity index (χ3v) is 6.91. The van der Waals surface area contributed by atoms with Crippen molar-refractivity contribution in [3.63, 3.8) is 0 Å². The Morgan fingerprint density at radius 1 is 1.17 bits per heavy atom. The standard InChI is InChI=1S/C24H29ClF6N4O/c1-4-35-21(19(25)20(34-35)22(36)32-12-15-7-5-13(2)6-8-15)17-10-9-16(11-18(17)24(29,30)31)33-14(3)23(26,27)28/h9-11,13-15,33H,4-8,12H2,1-3H3,(H,32,36)/t13?,14-,15?/m1/s1. The molecule has 1 saturated carbocycles. The molecule has 1 aromatic carbocycles. The number of nitrogens with one attached hydrogen (secondary N) is 2. The molecule has 5 nitrogen and oxygen atoms in total. The van der Waals surface area contributed by atoms with Crippen molar-refractivity contribution in [1.82, 2.24) is 15.1 Å². The van der Waals surface area contributed by atoms with Crippen LogP contribution in [-0.4, -0.2) is 34.5 Å². The maximum absolute atomic E-state index is 14.0. The summed E-state index contributed by atoms with van der Waals surface area (Å²) < 4.78 is 81.8. The van der Waals surface area contributed by atoms with Gasteiger partial charge in [-0.15, -0.1) is 0 Å². The van der Waals surface area contributed by atoms with Gasteiger partial charge in [0.25, 0.3) is 5.91 Å². The second kappa shape index (κ2) is 10.9. The van der Waals surface area contributed by atoms with Crippen LogP contribution in [-0.2, 0) is 12.7 Å². The van der Waals surface area contributed by atoms with Crippen molar-refractivity contribution in [2.24, 2.45) is 11.8 Å². The van der Waals surface area contributed by atoms with Crippen molar-refractivity contribution in [2.45, 2.75) is 71.4 Å². The van der Waals surface area contributed by atoms with E-state index in [-0.39, 0.29) is 34.2 Å². The fourth-order valence-corrected chi connectivity index (χ4v) is 4.66. The highest BCUT2D eigenvalue weighted by Gasteiger charge is 2.39. The zero-order valence-corrected chi connectivity index (χ0v) is 20.9. The molecule has 3 rings (SSSR count). The molecule has 0 radical (unpaired) electrons. The number of hydrogen-bond donors (Lipinski definition) is 2. The highest BCUT2D eigenvalue weighted by atomic mass is 35.5. The second-order valence-corrected chi connectivity index (χ2v) is 9.71. The number of aryl methyl sites for hydroxylation is 1. The molecule has 1 aliphatic rings. The number of alkyl halides is 6. The third-order valence-electron chi connectivity index (χ3n) is 6.55. The largest absolute Gasteiger partial charge is 0.417 e. The van der Waals surface area contributed by atoms with Crippen molar-refractivity contribution in [2.75, 3.05) is 11.9 Å². The van der Waals surface area contributed by atoms with Crippen LogP contribution in [0.5, 0.6) is 0 Å². The molecule has 0 spiro atoms. The monoisotopic (exact) mass is 538 g/mol. The molecule has 0 aliphatic heterocycles. The lowest BCUT2D eigenvalue weighted by Crippen LogP contribution is -2.33. The molecule has 2 aromatic rings. The number of halogens is 7. The highest BCUT2D eigenvalue weighted by Crippen LogP contribution is 2.42. The number of amides is 1. The molecule has 0 saturated heterocycles. The Balaban J connectivity index is 1.92. The minimum absolute atomic E-state index is 0.116. The lowest BCUT2D eigenvalue weighted by molar-refractivity contribution is -0.138. The summed E-state index contributed by atoms with van der Waals surface area (Å²) >= 11 is 6.41. The summed E-state index contributed by atoms with van der Waals surface area (Å²) in [5.41, 5.74) is -2.25. The molecule has 12 heteroatoms. The summed E-state index contributed by atoms with van der Waals surface area (Å²) in [5.74, 6) is 0.376. The number of benzene rings is 1. The van der Waals surface area contributed by atoms with Gasteiger partial charge in [0, 0.05) is 24.3 Å². The van der Waals surface area contributed by atoms with Gasteiger partial charge >= 0.3 is 12.4 Å². The molecule has 1 heterocycles. The molecule has 200 valence electrons. The summed E-state index contributed by atoms with van der Waals surface area (Å²) in [6, 6.07) is 0.690. The van der Waals surface area contributed by atoms with Crippen molar-refractivity contribution in [3.8, 4) is 11.3 Å². The van der Waals surface area contributed by atoms with Crippen LogP contribution >= 0.6 is 11.6 Å². The number of anilines is 1. The van der Waals surface area contributed by atoms with Gasteiger partial charge in [0.2, 0.25) is 0 Å². The molecular weight excluding hydrogens is 510 g/mol. The van der Waals surface area contributed by atoms with E-state index in [1.54, 1.807) is 6.92 Å². The number of rotatable bonds is 7. The maximum atomic E-state index is 14.0. The predicted molar refractivity (Wildman–Crippen MR) is 126 cm³/mol. The molecule has 1 atom stereocenters. The van der Waals surface area contributed by atoms with Crippen LogP contribution in [0, 0.1) is 11.8 Å². The van der Waals surface area contributed by atoms with Crippen LogP contribution < -0.4 is 10.6 Å². The first kappa shape index (κ1) is 28.1. The van der Waals surface area contributed by atoms with E-state index in [0.29, 0.717) is 24.4 Å². The van der Waals surface area contributed by atoms with E-state index in [1.165, 1.54) is 4.68 Å². The molecule has 0 bridgehead atoms. The summed E-state index contributed by atoms with van der Waals surface area (Å²) in [7, 11) is 0. The predicted octanol–water partition coefficient (Wildman–Crippen LogP) is 7.16. The SMILES string of the molecule is CCn1nc(C(=O)NCC2CCC(C)CC2)c(Cl)c1-c1ccc(N[C@H](C)C(F)(F)F)cc1C(F)(F)F. The molecule has 1 amide bonds. The lowest BCUT2D eigenvalue weighted by atomic mass is 9.83. The summed E-state index contributed by atoms with van der Waals surface area (Å²) in [6.45, 7) is 5.16. The van der Waals surface area contributed by atoms with Gasteiger partial charge < -0.3 is 10.6 Å². The van der Waals surface area contributed by atoms with E-state index >= 15 is 0 Å². The number of carbonyl (C=O) groups is 1. The van der Waals surface area contributed by atoms with E-state index in [1.807, 2.05) is 5.32 Å². The molecule has 0 unspecified atom stereocenters. The van der Waals surface area contributed by atoms with Crippen molar-refractivity contribution in [3.05, 3.63) is 34.5 Å². The Labute approximate surface area is 210 Å². The van der Waals surface area contributed by atoms with Gasteiger partial charge in [-0.2, -0.15) is 31.4 Å². The highest BCUT2D eigenvalue weighted by molar-refractivity contribution is 6.36. The number of carbonyl (C=O) groups excluding carboxylic acids is 1. The van der Waals surface area contributed by atoms with Gasteiger partial charge in [-0.1, -0.05) is 37.4 Å². The van der Waals surface area contributed by atoms with Crippen LogP contribution in [0.2, 0.25) is 5.02 Å². The number of hydrogen-bond acceptors (Lipinski definition) is 3. The fourth-order valence-electron chi connectivity index (χ4n) is 4.33. The van der Waals surface area contributed by atoms with E-state index in [2.05, 4.69) is 17.3 Å². The smallest absolute Gasteiger partial charge is 0.374 e. The first-order valence-corrected chi connectivity index (χ1v) is 12.2. The topological polar surface area (TPSA) is 59.0 Å². The Kier molecular flexibility index (Phi) is 8.52. The summed E-state index contributed by atoms with van der Waals surface area (Å²) in [6.07, 6.45) is -5.44. The average Bonchev–Trinajstić information content (AvgIpc) is 3.13. The minimum atomic E-state index is -4.90. The minimum Gasteiger partial charge on any atom is -0.374 e. The molecule has 2 N–H and O–H groups in total. The van der Waals surface area contributed by atoms with Gasteiger partial charge in [0.05, 0.1) is 16.3 Å². The molecule has 1 aliphatic carbocycles. The molecule has 1 fully saturated rings. The van der Waals surface area contributed by atoms with Gasteiger partial charge in [0.1, 0.15) is 6.04 Å². The zero-order valence-electron chi connectivity index (χ0n) is 20.2. The average molecular weight is 539 g/mol. The first-order chi connectivity index (χ1) is 16.7. The maximum Gasteiger partial charge on any atom is 0.417 e. The van der Waals surface area contributed by atoms with E-state index in [0.717, 1.165) is 44.7 Å². The van der Waals surface area contributed by atoms with E-state index in [9.17, 15) is 31.1 Å². The number of aromatic nitrogens is 2. The third kappa shape index (κ3) is 6.46. The molecule has 36 heavy (non-hydrogen) atoms. The summed E-state index contributed by atoms with van der Waals surface area (Å²) in [5, 5.41) is 8.74. The van der Waals surface area contributed by atoms with Crippen LogP contribution in [0.3, 0.4) is 0 Å². The zero-order chi connectivity index (χ0) is 26.8. The van der Waals surface area contributed by atoms with Crippen LogP contribution in [0.25, 0.3) is 11.3 Å². The van der Waals surface area contributed by atoms with E-state index < -0.39 is 29.9 Å². The Morgan fingerprint density at radius 2 is 1.81 bits per heavy atom. The molecular formula is C24H29ClF6N4O. The molecule has 1 aromatic heterocycles. The van der Waals surface area contributed by atoms with Gasteiger partial charge in [-0.3, -0.25) is 9.48 Å². The van der Waals surface area contributed by atoms with Crippen LogP contribution in [0.4, 0.5) is 32.0 Å². The van der Waals surface area contributed by atoms with Crippen LogP contribution in [0.15, 0.2) is 18.2 Å². The first-order valence-electron chi connectivity index (χ1n) is 11.8. The lowest BCUT2D eigenvalue weighted by Gasteiger charge is -2.26. The van der Waals surface area contributed by atoms with E-state index in [4.69, 9.17) is 11.6 Å². The van der Waals surface area contributed by atoms with Gasteiger partial charge in [-0.05, 0) is 50.7 Å². The van der Waals surface area contributed by atoms with Crippen molar-refractivity contribution in [1.29, 1.82) is 0 Å². The van der Waals surface area contributed by atoms with Gasteiger partial charge in [0.15, 0.2) is 5.69 Å².